The van der Waals surface area contributed by atoms with E-state index in [1.165, 1.54) is 5.56 Å². The molecule has 0 unspecified atom stereocenters. The largest absolute Gasteiger partial charge is 0.497 e. The fraction of sp³-hybridized carbons (Fsp3) is 0.182. The number of carbonyl (C=O) groups excluding carboxylic acids is 1. The first-order chi connectivity index (χ1) is 13.1. The molecule has 0 saturated carbocycles. The van der Waals surface area contributed by atoms with Gasteiger partial charge in [0.2, 0.25) is 0 Å². The number of rotatable bonds is 7. The number of ether oxygens (including phenoxy) is 1. The molecular formula is C22H23N3O2. The van der Waals surface area contributed by atoms with Gasteiger partial charge in [-0.15, -0.1) is 0 Å². The summed E-state index contributed by atoms with van der Waals surface area (Å²) >= 11 is 0. The number of amides is 1. The molecule has 2 aromatic carbocycles. The highest BCUT2D eigenvalue weighted by molar-refractivity contribution is 5.94. The average molecular weight is 361 g/mol. The molecule has 0 atom stereocenters. The Morgan fingerprint density at radius 2 is 1.81 bits per heavy atom. The number of aryl methyl sites for hydroxylation is 1. The summed E-state index contributed by atoms with van der Waals surface area (Å²) < 4.78 is 5.15. The van der Waals surface area contributed by atoms with E-state index in [4.69, 9.17) is 4.74 Å². The van der Waals surface area contributed by atoms with Crippen molar-refractivity contribution in [2.45, 2.75) is 20.0 Å². The quantitative estimate of drug-likeness (QED) is 0.669. The van der Waals surface area contributed by atoms with Crippen molar-refractivity contribution in [1.29, 1.82) is 0 Å². The molecule has 1 aromatic heterocycles. The van der Waals surface area contributed by atoms with Gasteiger partial charge in [-0.25, -0.2) is 4.98 Å². The molecule has 1 amide bonds. The zero-order chi connectivity index (χ0) is 19.1. The van der Waals surface area contributed by atoms with Gasteiger partial charge in [-0.2, -0.15) is 0 Å². The van der Waals surface area contributed by atoms with Crippen molar-refractivity contribution in [2.24, 2.45) is 0 Å². The Balaban J connectivity index is 1.52. The first kappa shape index (κ1) is 18.5. The van der Waals surface area contributed by atoms with E-state index in [9.17, 15) is 4.79 Å². The maximum atomic E-state index is 12.3. The zero-order valence-corrected chi connectivity index (χ0v) is 15.5. The average Bonchev–Trinajstić information content (AvgIpc) is 2.71. The van der Waals surface area contributed by atoms with Crippen LogP contribution in [0.25, 0.3) is 0 Å². The van der Waals surface area contributed by atoms with E-state index in [1.807, 2.05) is 55.5 Å². The lowest BCUT2D eigenvalue weighted by atomic mass is 10.1. The van der Waals surface area contributed by atoms with Crippen molar-refractivity contribution in [3.63, 3.8) is 0 Å². The first-order valence-corrected chi connectivity index (χ1v) is 8.80. The number of nitrogens with one attached hydrogen (secondary N) is 2. The molecule has 27 heavy (non-hydrogen) atoms. The van der Waals surface area contributed by atoms with Gasteiger partial charge in [0.1, 0.15) is 11.6 Å². The second kappa shape index (κ2) is 8.85. The lowest BCUT2D eigenvalue weighted by Gasteiger charge is -2.08. The second-order valence-corrected chi connectivity index (χ2v) is 6.31. The van der Waals surface area contributed by atoms with Crippen LogP contribution < -0.4 is 15.4 Å². The Morgan fingerprint density at radius 3 is 2.48 bits per heavy atom. The highest BCUT2D eigenvalue weighted by atomic mass is 16.5. The van der Waals surface area contributed by atoms with Crippen LogP contribution in [0, 0.1) is 6.92 Å². The van der Waals surface area contributed by atoms with Crippen LogP contribution in [0.2, 0.25) is 0 Å². The molecule has 0 aliphatic heterocycles. The summed E-state index contributed by atoms with van der Waals surface area (Å²) in [6, 6.07) is 19.5. The van der Waals surface area contributed by atoms with Gasteiger partial charge in [-0.05, 0) is 42.3 Å². The van der Waals surface area contributed by atoms with Gasteiger partial charge in [-0.1, -0.05) is 42.0 Å². The van der Waals surface area contributed by atoms with E-state index in [1.54, 1.807) is 19.4 Å². The van der Waals surface area contributed by atoms with Crippen LogP contribution in [0.1, 0.15) is 27.0 Å². The van der Waals surface area contributed by atoms with Gasteiger partial charge in [0.15, 0.2) is 0 Å². The summed E-state index contributed by atoms with van der Waals surface area (Å²) in [4.78, 5) is 16.6. The summed E-state index contributed by atoms with van der Waals surface area (Å²) in [6.45, 7) is 3.18. The maximum Gasteiger partial charge on any atom is 0.253 e. The predicted octanol–water partition coefficient (Wildman–Crippen LogP) is 3.94. The van der Waals surface area contributed by atoms with Gasteiger partial charge in [0.05, 0.1) is 12.7 Å². The molecule has 5 heteroatoms. The smallest absolute Gasteiger partial charge is 0.253 e. The van der Waals surface area contributed by atoms with Crippen LogP contribution in [0.5, 0.6) is 5.75 Å². The van der Waals surface area contributed by atoms with Crippen molar-refractivity contribution in [3.05, 3.63) is 89.1 Å². The third-order valence-corrected chi connectivity index (χ3v) is 4.19. The molecule has 0 bridgehead atoms. The van der Waals surface area contributed by atoms with Crippen molar-refractivity contribution in [3.8, 4) is 5.75 Å². The van der Waals surface area contributed by atoms with Gasteiger partial charge in [-0.3, -0.25) is 4.79 Å². The van der Waals surface area contributed by atoms with Crippen LogP contribution >= 0.6 is 0 Å². The molecule has 1 heterocycles. The molecule has 0 fully saturated rings. The second-order valence-electron chi connectivity index (χ2n) is 6.31. The molecule has 5 nitrogen and oxygen atoms in total. The fourth-order valence-electron chi connectivity index (χ4n) is 2.68. The number of methoxy groups -OCH3 is 1. The molecule has 0 radical (unpaired) electrons. The molecule has 0 aliphatic carbocycles. The van der Waals surface area contributed by atoms with E-state index in [2.05, 4.69) is 21.7 Å². The summed E-state index contributed by atoms with van der Waals surface area (Å²) in [5.41, 5.74) is 3.92. The molecular weight excluding hydrogens is 338 g/mol. The number of anilines is 1. The Labute approximate surface area is 159 Å². The molecule has 138 valence electrons. The Morgan fingerprint density at radius 1 is 1.00 bits per heavy atom. The maximum absolute atomic E-state index is 12.3. The number of hydrogen-bond donors (Lipinski definition) is 2. The summed E-state index contributed by atoms with van der Waals surface area (Å²) in [6.07, 6.45) is 1.59. The minimum absolute atomic E-state index is 0.134. The molecule has 3 aromatic rings. The molecule has 0 saturated heterocycles. The molecule has 3 rings (SSSR count). The number of benzene rings is 2. The third-order valence-electron chi connectivity index (χ3n) is 4.19. The minimum atomic E-state index is -0.134. The number of pyridine rings is 1. The summed E-state index contributed by atoms with van der Waals surface area (Å²) in [7, 11) is 1.65. The third kappa shape index (κ3) is 5.31. The monoisotopic (exact) mass is 361 g/mol. The van der Waals surface area contributed by atoms with Crippen LogP contribution in [0.3, 0.4) is 0 Å². The van der Waals surface area contributed by atoms with Crippen LogP contribution in [-0.2, 0) is 13.1 Å². The van der Waals surface area contributed by atoms with Gasteiger partial charge >= 0.3 is 0 Å². The normalized spacial score (nSPS) is 10.3. The lowest BCUT2D eigenvalue weighted by Crippen LogP contribution is -2.23. The number of carbonyl (C=O) groups is 1. The van der Waals surface area contributed by atoms with E-state index in [0.29, 0.717) is 18.7 Å². The van der Waals surface area contributed by atoms with E-state index >= 15 is 0 Å². The Bertz CT molecular complexity index is 890. The highest BCUT2D eigenvalue weighted by Gasteiger charge is 2.06. The van der Waals surface area contributed by atoms with Gasteiger partial charge in [0.25, 0.3) is 5.91 Å². The van der Waals surface area contributed by atoms with Crippen LogP contribution in [0.4, 0.5) is 5.82 Å². The molecule has 2 N–H and O–H groups in total. The summed E-state index contributed by atoms with van der Waals surface area (Å²) in [5.74, 6) is 1.42. The fourth-order valence-corrected chi connectivity index (χ4v) is 2.68. The number of aromatic nitrogens is 1. The Kier molecular flexibility index (Phi) is 6.05. The van der Waals surface area contributed by atoms with E-state index < -0.39 is 0 Å². The van der Waals surface area contributed by atoms with Crippen molar-refractivity contribution in [1.82, 2.24) is 10.3 Å². The highest BCUT2D eigenvalue weighted by Crippen LogP contribution is 2.13. The first-order valence-electron chi connectivity index (χ1n) is 8.80. The zero-order valence-electron chi connectivity index (χ0n) is 15.5. The van der Waals surface area contributed by atoms with E-state index in [-0.39, 0.29) is 5.91 Å². The van der Waals surface area contributed by atoms with Gasteiger partial charge < -0.3 is 15.4 Å². The minimum Gasteiger partial charge on any atom is -0.497 e. The topological polar surface area (TPSA) is 63.2 Å². The van der Waals surface area contributed by atoms with Crippen LogP contribution in [0.15, 0.2) is 66.9 Å². The predicted molar refractivity (Wildman–Crippen MR) is 107 cm³/mol. The Hall–Kier alpha value is -3.34. The number of hydrogen-bond acceptors (Lipinski definition) is 4. The van der Waals surface area contributed by atoms with Gasteiger partial charge in [0, 0.05) is 19.3 Å². The standard InChI is InChI=1S/C22H23N3O2/c1-16-4-3-5-18(12-16)14-25-22(26)19-8-11-21(24-15-19)23-13-17-6-9-20(27-2)10-7-17/h3-12,15H,13-14H2,1-2H3,(H,23,24)(H,25,26). The van der Waals surface area contributed by atoms with Crippen molar-refractivity contribution in [2.75, 3.05) is 12.4 Å². The SMILES string of the molecule is COc1ccc(CNc2ccc(C(=O)NCc3cccc(C)c3)cn2)cc1. The lowest BCUT2D eigenvalue weighted by molar-refractivity contribution is 0.0950. The van der Waals surface area contributed by atoms with Crippen molar-refractivity contribution >= 4 is 11.7 Å². The van der Waals surface area contributed by atoms with E-state index in [0.717, 1.165) is 22.7 Å². The summed E-state index contributed by atoms with van der Waals surface area (Å²) in [5, 5.41) is 6.16. The molecule has 0 spiro atoms. The van der Waals surface area contributed by atoms with Crippen LogP contribution in [-0.4, -0.2) is 18.0 Å². The molecule has 0 aliphatic rings. The number of nitrogens with zero attached hydrogens (tertiary/aromatic N) is 1. The van der Waals surface area contributed by atoms with Crippen molar-refractivity contribution < 1.29 is 9.53 Å².